The second-order valence-electron chi connectivity index (χ2n) is 6.31. The number of aromatic carboxylic acids is 2. The van der Waals surface area contributed by atoms with Crippen molar-refractivity contribution in [1.29, 1.82) is 0 Å². The van der Waals surface area contributed by atoms with Crippen LogP contribution in [0.4, 0.5) is 5.82 Å². The van der Waals surface area contributed by atoms with Crippen LogP contribution in [0, 0.1) is 0 Å². The molecule has 0 aliphatic carbocycles. The van der Waals surface area contributed by atoms with Gasteiger partial charge in [-0.3, -0.25) is 4.79 Å². The molecule has 2 aromatic rings. The van der Waals surface area contributed by atoms with Gasteiger partial charge < -0.3 is 25.7 Å². The van der Waals surface area contributed by atoms with Gasteiger partial charge in [0.2, 0.25) is 0 Å². The van der Waals surface area contributed by atoms with Crippen molar-refractivity contribution in [3.8, 4) is 16.9 Å². The van der Waals surface area contributed by atoms with Crippen LogP contribution in [0.25, 0.3) is 11.1 Å². The fraction of sp³-hybridized carbons (Fsp3) is 0.235. The van der Waals surface area contributed by atoms with Gasteiger partial charge in [-0.2, -0.15) is 0 Å². The quantitative estimate of drug-likeness (QED) is 0.664. The van der Waals surface area contributed by atoms with Crippen LogP contribution in [-0.2, 0) is 0 Å². The van der Waals surface area contributed by atoms with Crippen molar-refractivity contribution in [2.45, 2.75) is 26.4 Å². The summed E-state index contributed by atoms with van der Waals surface area (Å²) in [6, 6.07) is 6.28. The topological polar surface area (TPSA) is 143 Å². The lowest BCUT2D eigenvalue weighted by Crippen LogP contribution is -2.26. The number of rotatable bonds is 4. The number of nitrogen functional groups attached to an aromatic ring is 1. The fourth-order valence-electron chi connectivity index (χ4n) is 2.41. The monoisotopic (exact) mass is 346 g/mol. The number of carbonyl (C=O) groups is 2. The highest BCUT2D eigenvalue weighted by molar-refractivity contribution is 6.08. The zero-order chi connectivity index (χ0) is 18.9. The molecule has 0 aliphatic heterocycles. The van der Waals surface area contributed by atoms with Gasteiger partial charge in [-0.25, -0.2) is 9.59 Å². The first-order valence-electron chi connectivity index (χ1n) is 7.33. The lowest BCUT2D eigenvalue weighted by atomic mass is 9.94. The molecule has 1 aromatic carbocycles. The zero-order valence-corrected chi connectivity index (χ0v) is 13.9. The van der Waals surface area contributed by atoms with Gasteiger partial charge in [-0.05, 0) is 26.8 Å². The molecular formula is C17H18N2O6. The van der Waals surface area contributed by atoms with Gasteiger partial charge in [0, 0.05) is 11.1 Å². The number of hydrogen-bond donors (Lipinski definition) is 4. The van der Waals surface area contributed by atoms with E-state index in [1.165, 1.54) is 6.07 Å². The Morgan fingerprint density at radius 2 is 1.64 bits per heavy atom. The number of nitrogens with two attached hydrogens (primary N) is 1. The molecule has 1 aromatic heterocycles. The van der Waals surface area contributed by atoms with E-state index in [1.54, 1.807) is 39.0 Å². The molecule has 0 fully saturated rings. The number of para-hydroxylation sites is 1. The summed E-state index contributed by atoms with van der Waals surface area (Å²) in [4.78, 5) is 37.4. The Hall–Kier alpha value is -3.29. The van der Waals surface area contributed by atoms with Gasteiger partial charge in [-0.1, -0.05) is 18.2 Å². The van der Waals surface area contributed by atoms with E-state index in [4.69, 9.17) is 10.5 Å². The lowest BCUT2D eigenvalue weighted by Gasteiger charge is -2.24. The van der Waals surface area contributed by atoms with Crippen molar-refractivity contribution >= 4 is 17.8 Å². The Kier molecular flexibility index (Phi) is 4.56. The SMILES string of the molecule is CC(C)(C)Oc1ccccc1-c1c(C(=O)O)c(N)[nH]c(=O)c1C(=O)O. The Labute approximate surface area is 142 Å². The standard InChI is InChI=1S/C17H18N2O6/c1-17(2,3)25-9-7-5-4-6-8(9)10-11(15(21)22)13(18)19-14(20)12(10)16(23)24/h4-7H,1-3H3,(H,21,22)(H,23,24)(H3,18,19,20). The van der Waals surface area contributed by atoms with Gasteiger partial charge in [0.15, 0.2) is 0 Å². The van der Waals surface area contributed by atoms with E-state index in [0.29, 0.717) is 0 Å². The predicted molar refractivity (Wildman–Crippen MR) is 91.2 cm³/mol. The summed E-state index contributed by atoms with van der Waals surface area (Å²) in [6.07, 6.45) is 0. The molecule has 5 N–H and O–H groups in total. The summed E-state index contributed by atoms with van der Waals surface area (Å²) in [6.45, 7) is 5.35. The maximum Gasteiger partial charge on any atom is 0.342 e. The van der Waals surface area contributed by atoms with Crippen LogP contribution >= 0.6 is 0 Å². The van der Waals surface area contributed by atoms with Gasteiger partial charge in [-0.15, -0.1) is 0 Å². The van der Waals surface area contributed by atoms with Crippen LogP contribution in [0.1, 0.15) is 41.5 Å². The minimum atomic E-state index is -1.57. The minimum Gasteiger partial charge on any atom is -0.488 e. The Morgan fingerprint density at radius 3 is 2.16 bits per heavy atom. The number of anilines is 1. The fourth-order valence-corrected chi connectivity index (χ4v) is 2.41. The third-order valence-corrected chi connectivity index (χ3v) is 3.24. The molecule has 8 heteroatoms. The van der Waals surface area contributed by atoms with Crippen LogP contribution in [0.2, 0.25) is 0 Å². The maximum atomic E-state index is 12.1. The second kappa shape index (κ2) is 6.31. The van der Waals surface area contributed by atoms with Crippen molar-refractivity contribution in [2.24, 2.45) is 0 Å². The lowest BCUT2D eigenvalue weighted by molar-refractivity contribution is 0.0695. The first kappa shape index (κ1) is 18.1. The summed E-state index contributed by atoms with van der Waals surface area (Å²) in [7, 11) is 0. The molecule has 0 spiro atoms. The largest absolute Gasteiger partial charge is 0.488 e. The molecule has 1 heterocycles. The summed E-state index contributed by atoms with van der Waals surface area (Å²) >= 11 is 0. The van der Waals surface area contributed by atoms with E-state index in [-0.39, 0.29) is 16.9 Å². The van der Waals surface area contributed by atoms with Gasteiger partial charge in [0.05, 0.1) is 0 Å². The highest BCUT2D eigenvalue weighted by Crippen LogP contribution is 2.37. The minimum absolute atomic E-state index is 0.157. The van der Waals surface area contributed by atoms with E-state index in [1.807, 2.05) is 0 Å². The average Bonchev–Trinajstić information content (AvgIpc) is 2.44. The maximum absolute atomic E-state index is 12.1. The summed E-state index contributed by atoms with van der Waals surface area (Å²) in [5.74, 6) is -3.21. The van der Waals surface area contributed by atoms with Crippen LogP contribution in [0.15, 0.2) is 29.1 Å². The first-order chi connectivity index (χ1) is 11.5. The molecule has 0 aliphatic rings. The van der Waals surface area contributed by atoms with Crippen molar-refractivity contribution in [3.63, 3.8) is 0 Å². The number of hydrogen-bond acceptors (Lipinski definition) is 5. The van der Waals surface area contributed by atoms with E-state index in [2.05, 4.69) is 4.98 Å². The van der Waals surface area contributed by atoms with Crippen molar-refractivity contribution in [2.75, 3.05) is 5.73 Å². The van der Waals surface area contributed by atoms with Gasteiger partial charge in [0.25, 0.3) is 5.56 Å². The molecule has 0 radical (unpaired) electrons. The smallest absolute Gasteiger partial charge is 0.342 e. The number of ether oxygens (including phenoxy) is 1. The summed E-state index contributed by atoms with van der Waals surface area (Å²) < 4.78 is 5.80. The first-order valence-corrected chi connectivity index (χ1v) is 7.33. The van der Waals surface area contributed by atoms with Crippen molar-refractivity contribution in [1.82, 2.24) is 4.98 Å². The van der Waals surface area contributed by atoms with Crippen LogP contribution in [0.3, 0.4) is 0 Å². The van der Waals surface area contributed by atoms with Crippen LogP contribution in [0.5, 0.6) is 5.75 Å². The molecule has 132 valence electrons. The summed E-state index contributed by atoms with van der Waals surface area (Å²) in [5.41, 5.74) is 2.67. The normalized spacial score (nSPS) is 11.2. The molecular weight excluding hydrogens is 328 g/mol. The van der Waals surface area contributed by atoms with Crippen LogP contribution < -0.4 is 16.0 Å². The average molecular weight is 346 g/mol. The molecule has 0 atom stereocenters. The highest BCUT2D eigenvalue weighted by atomic mass is 16.5. The van der Waals surface area contributed by atoms with E-state index in [0.717, 1.165) is 0 Å². The molecule has 0 bridgehead atoms. The number of carboxylic acid groups (broad SMARTS) is 2. The number of nitrogens with one attached hydrogen (secondary N) is 1. The number of aromatic nitrogens is 1. The Morgan fingerprint density at radius 1 is 1.08 bits per heavy atom. The van der Waals surface area contributed by atoms with Crippen molar-refractivity contribution < 1.29 is 24.5 Å². The number of aromatic amines is 1. The molecule has 0 unspecified atom stereocenters. The second-order valence-corrected chi connectivity index (χ2v) is 6.31. The third-order valence-electron chi connectivity index (χ3n) is 3.24. The molecule has 8 nitrogen and oxygen atoms in total. The van der Waals surface area contributed by atoms with Crippen LogP contribution in [-0.4, -0.2) is 32.7 Å². The molecule has 0 saturated heterocycles. The molecule has 0 saturated carbocycles. The van der Waals surface area contributed by atoms with Crippen molar-refractivity contribution in [3.05, 3.63) is 45.7 Å². The molecule has 25 heavy (non-hydrogen) atoms. The van der Waals surface area contributed by atoms with Gasteiger partial charge >= 0.3 is 11.9 Å². The predicted octanol–water partition coefficient (Wildman–Crippen LogP) is 2.20. The van der Waals surface area contributed by atoms with Gasteiger partial charge in [0.1, 0.15) is 28.3 Å². The Balaban J connectivity index is 2.95. The summed E-state index contributed by atoms with van der Waals surface area (Å²) in [5, 5.41) is 18.9. The number of benzene rings is 1. The molecule has 0 amide bonds. The van der Waals surface area contributed by atoms with E-state index in [9.17, 15) is 24.6 Å². The third kappa shape index (κ3) is 3.63. The Bertz CT molecular complexity index is 908. The highest BCUT2D eigenvalue weighted by Gasteiger charge is 2.29. The number of carboxylic acids is 2. The zero-order valence-electron chi connectivity index (χ0n) is 13.9. The van der Waals surface area contributed by atoms with E-state index < -0.39 is 40.0 Å². The number of H-pyrrole nitrogens is 1. The molecule has 2 rings (SSSR count). The number of pyridine rings is 1. The van der Waals surface area contributed by atoms with E-state index >= 15 is 0 Å².